The van der Waals surface area contributed by atoms with Gasteiger partial charge in [-0.15, -0.1) is 24.0 Å². The van der Waals surface area contributed by atoms with E-state index in [9.17, 15) is 0 Å². The summed E-state index contributed by atoms with van der Waals surface area (Å²) in [5.41, 5.74) is 3.88. The fourth-order valence-electron chi connectivity index (χ4n) is 3.06. The molecule has 1 heterocycles. The largest absolute Gasteiger partial charge is 0.379 e. The number of ether oxygens (including phenoxy) is 1. The van der Waals surface area contributed by atoms with E-state index >= 15 is 0 Å². The first-order chi connectivity index (χ1) is 12.3. The number of aromatic nitrogens is 1. The standard InChI is InChI=1S/C20H30N4O.HI/c1-3-21-20(23-11-12-25-14-16-7-8-16)22-10-9-17-13-24-18-6-4-5-15(2)19(17)18;/h4-6,13,16,24H,3,7-12,14H2,1-2H3,(H2,21,22,23);1H. The third-order valence-corrected chi connectivity index (χ3v) is 4.58. The maximum absolute atomic E-state index is 5.64. The van der Waals surface area contributed by atoms with Crippen molar-refractivity contribution in [2.45, 2.75) is 33.1 Å². The molecule has 1 fully saturated rings. The van der Waals surface area contributed by atoms with E-state index in [4.69, 9.17) is 4.74 Å². The van der Waals surface area contributed by atoms with Crippen LogP contribution in [0.1, 0.15) is 30.9 Å². The van der Waals surface area contributed by atoms with Crippen molar-refractivity contribution in [3.8, 4) is 0 Å². The third kappa shape index (κ3) is 6.16. The first kappa shape index (κ1) is 21.0. The van der Waals surface area contributed by atoms with Crippen molar-refractivity contribution in [1.29, 1.82) is 0 Å². The molecule has 0 amide bonds. The number of H-pyrrole nitrogens is 1. The number of fused-ring (bicyclic) bond motifs is 1. The Bertz CT molecular complexity index is 709. The average Bonchev–Trinajstić information content (AvgIpc) is 3.34. The highest BCUT2D eigenvalue weighted by Gasteiger charge is 2.20. The van der Waals surface area contributed by atoms with E-state index in [0.29, 0.717) is 13.2 Å². The number of aryl methyl sites for hydroxylation is 1. The van der Waals surface area contributed by atoms with Gasteiger partial charge in [-0.3, -0.25) is 4.99 Å². The molecule has 0 radical (unpaired) electrons. The number of halogens is 1. The Morgan fingerprint density at radius 3 is 2.92 bits per heavy atom. The summed E-state index contributed by atoms with van der Waals surface area (Å²) in [5, 5.41) is 8.07. The molecular formula is C20H31IN4O. The predicted octanol–water partition coefficient (Wildman–Crippen LogP) is 3.62. The molecule has 0 aliphatic heterocycles. The van der Waals surface area contributed by atoms with Crippen molar-refractivity contribution >= 4 is 40.8 Å². The van der Waals surface area contributed by atoms with Gasteiger partial charge < -0.3 is 20.4 Å². The molecule has 1 aromatic carbocycles. The number of benzene rings is 1. The molecule has 0 saturated heterocycles. The molecule has 0 spiro atoms. The summed E-state index contributed by atoms with van der Waals surface area (Å²) in [7, 11) is 0. The van der Waals surface area contributed by atoms with Crippen LogP contribution in [0.2, 0.25) is 0 Å². The minimum absolute atomic E-state index is 0. The molecule has 0 bridgehead atoms. The Morgan fingerprint density at radius 1 is 1.31 bits per heavy atom. The van der Waals surface area contributed by atoms with Crippen molar-refractivity contribution in [2.24, 2.45) is 10.9 Å². The van der Waals surface area contributed by atoms with E-state index in [-0.39, 0.29) is 24.0 Å². The number of hydrogen-bond acceptors (Lipinski definition) is 2. The Balaban J connectivity index is 0.00000243. The molecule has 1 saturated carbocycles. The normalized spacial score (nSPS) is 14.3. The van der Waals surface area contributed by atoms with Crippen LogP contribution in [0.15, 0.2) is 29.4 Å². The maximum atomic E-state index is 5.64. The second kappa shape index (κ2) is 10.8. The number of rotatable bonds is 9. The van der Waals surface area contributed by atoms with Crippen molar-refractivity contribution < 1.29 is 4.74 Å². The van der Waals surface area contributed by atoms with E-state index in [1.165, 1.54) is 34.9 Å². The summed E-state index contributed by atoms with van der Waals surface area (Å²) >= 11 is 0. The van der Waals surface area contributed by atoms with Crippen molar-refractivity contribution in [1.82, 2.24) is 15.6 Å². The molecule has 1 aromatic heterocycles. The van der Waals surface area contributed by atoms with Gasteiger partial charge in [0.05, 0.1) is 13.2 Å². The molecule has 0 unspecified atom stereocenters. The lowest BCUT2D eigenvalue weighted by Gasteiger charge is -2.11. The first-order valence-electron chi connectivity index (χ1n) is 9.43. The summed E-state index contributed by atoms with van der Waals surface area (Å²) in [6, 6.07) is 6.39. The number of aromatic amines is 1. The zero-order valence-electron chi connectivity index (χ0n) is 15.8. The van der Waals surface area contributed by atoms with Gasteiger partial charge >= 0.3 is 0 Å². The van der Waals surface area contributed by atoms with Gasteiger partial charge in [0.15, 0.2) is 5.96 Å². The second-order valence-electron chi connectivity index (χ2n) is 6.77. The van der Waals surface area contributed by atoms with E-state index in [1.807, 2.05) is 0 Å². The van der Waals surface area contributed by atoms with Gasteiger partial charge in [0, 0.05) is 36.8 Å². The molecule has 2 aromatic rings. The highest BCUT2D eigenvalue weighted by Crippen LogP contribution is 2.28. The third-order valence-electron chi connectivity index (χ3n) is 4.58. The van der Waals surface area contributed by atoms with Gasteiger partial charge in [0.1, 0.15) is 0 Å². The van der Waals surface area contributed by atoms with E-state index < -0.39 is 0 Å². The zero-order chi connectivity index (χ0) is 17.5. The molecule has 1 aliphatic rings. The zero-order valence-corrected chi connectivity index (χ0v) is 18.1. The molecule has 144 valence electrons. The van der Waals surface area contributed by atoms with Crippen molar-refractivity contribution in [3.63, 3.8) is 0 Å². The number of nitrogens with one attached hydrogen (secondary N) is 3. The van der Waals surface area contributed by atoms with Gasteiger partial charge in [0.2, 0.25) is 0 Å². The van der Waals surface area contributed by atoms with Crippen LogP contribution in [-0.2, 0) is 11.2 Å². The predicted molar refractivity (Wildman–Crippen MR) is 120 cm³/mol. The molecule has 6 heteroatoms. The topological polar surface area (TPSA) is 61.4 Å². The van der Waals surface area contributed by atoms with Crippen LogP contribution < -0.4 is 10.6 Å². The van der Waals surface area contributed by atoms with Gasteiger partial charge in [-0.1, -0.05) is 12.1 Å². The first-order valence-corrected chi connectivity index (χ1v) is 9.43. The van der Waals surface area contributed by atoms with Crippen molar-refractivity contribution in [3.05, 3.63) is 35.5 Å². The van der Waals surface area contributed by atoms with Gasteiger partial charge in [-0.25, -0.2) is 0 Å². The van der Waals surface area contributed by atoms with Crippen LogP contribution in [0, 0.1) is 12.8 Å². The van der Waals surface area contributed by atoms with Gasteiger partial charge in [-0.2, -0.15) is 0 Å². The van der Waals surface area contributed by atoms with Crippen LogP contribution >= 0.6 is 24.0 Å². The van der Waals surface area contributed by atoms with Gasteiger partial charge in [-0.05, 0) is 56.2 Å². The summed E-state index contributed by atoms with van der Waals surface area (Å²) in [4.78, 5) is 7.96. The Labute approximate surface area is 173 Å². The Hall–Kier alpha value is -1.28. The highest BCUT2D eigenvalue weighted by atomic mass is 127. The molecule has 5 nitrogen and oxygen atoms in total. The lowest BCUT2D eigenvalue weighted by molar-refractivity contribution is 0.131. The van der Waals surface area contributed by atoms with Crippen LogP contribution in [0.4, 0.5) is 0 Å². The molecule has 1 aliphatic carbocycles. The van der Waals surface area contributed by atoms with Crippen molar-refractivity contribution in [2.75, 3.05) is 32.8 Å². The maximum Gasteiger partial charge on any atom is 0.191 e. The fraction of sp³-hybridized carbons (Fsp3) is 0.550. The highest BCUT2D eigenvalue weighted by molar-refractivity contribution is 14.0. The summed E-state index contributed by atoms with van der Waals surface area (Å²) < 4.78 is 5.64. The Morgan fingerprint density at radius 2 is 2.15 bits per heavy atom. The molecule has 3 N–H and O–H groups in total. The second-order valence-corrected chi connectivity index (χ2v) is 6.77. The quantitative estimate of drug-likeness (QED) is 0.227. The molecule has 0 atom stereocenters. The van der Waals surface area contributed by atoms with E-state index in [1.54, 1.807) is 0 Å². The fourth-order valence-corrected chi connectivity index (χ4v) is 3.06. The lowest BCUT2D eigenvalue weighted by Crippen LogP contribution is -2.38. The minimum Gasteiger partial charge on any atom is -0.379 e. The summed E-state index contributed by atoms with van der Waals surface area (Å²) in [6.07, 6.45) is 5.75. The SMILES string of the molecule is CCNC(=NCCOCC1CC1)NCCc1c[nH]c2cccc(C)c12.I. The lowest BCUT2D eigenvalue weighted by atomic mass is 10.1. The smallest absolute Gasteiger partial charge is 0.191 e. The van der Waals surface area contributed by atoms with Crippen LogP contribution in [0.5, 0.6) is 0 Å². The Kier molecular flexibility index (Phi) is 8.71. The molecule has 3 rings (SSSR count). The minimum atomic E-state index is 0. The number of aliphatic imine (C=N–C) groups is 1. The van der Waals surface area contributed by atoms with Gasteiger partial charge in [0.25, 0.3) is 0 Å². The van der Waals surface area contributed by atoms with E-state index in [0.717, 1.165) is 38.0 Å². The number of hydrogen-bond donors (Lipinski definition) is 3. The summed E-state index contributed by atoms with van der Waals surface area (Å²) in [6.45, 7) is 8.28. The van der Waals surface area contributed by atoms with E-state index in [2.05, 4.69) is 58.9 Å². The number of nitrogens with zero attached hydrogens (tertiary/aromatic N) is 1. The van der Waals surface area contributed by atoms with Crippen LogP contribution in [-0.4, -0.2) is 43.8 Å². The van der Waals surface area contributed by atoms with Crippen LogP contribution in [0.25, 0.3) is 10.9 Å². The molecular weight excluding hydrogens is 439 g/mol. The average molecular weight is 470 g/mol. The summed E-state index contributed by atoms with van der Waals surface area (Å²) in [5.74, 6) is 1.68. The number of guanidine groups is 1. The monoisotopic (exact) mass is 470 g/mol. The van der Waals surface area contributed by atoms with Crippen LogP contribution in [0.3, 0.4) is 0 Å². The molecule has 26 heavy (non-hydrogen) atoms.